The summed E-state index contributed by atoms with van der Waals surface area (Å²) in [5.41, 5.74) is 0.977. The molecule has 1 aromatic carbocycles. The quantitative estimate of drug-likeness (QED) is 0.891. The number of benzene rings is 1. The SMILES string of the molecule is O=C(O)CSCc1ccc(Cl)c(Cl)c1. The van der Waals surface area contributed by atoms with Gasteiger partial charge in [0.2, 0.25) is 0 Å². The van der Waals surface area contributed by atoms with E-state index in [9.17, 15) is 4.79 Å². The molecule has 1 N–H and O–H groups in total. The molecule has 0 aliphatic carbocycles. The van der Waals surface area contributed by atoms with Crippen molar-refractivity contribution in [1.82, 2.24) is 0 Å². The Balaban J connectivity index is 2.51. The lowest BCUT2D eigenvalue weighted by molar-refractivity contribution is -0.133. The van der Waals surface area contributed by atoms with Crippen molar-refractivity contribution in [3.05, 3.63) is 33.8 Å². The molecule has 0 bridgehead atoms. The van der Waals surface area contributed by atoms with Crippen LogP contribution in [0, 0.1) is 0 Å². The van der Waals surface area contributed by atoms with Crippen LogP contribution in [-0.2, 0) is 10.5 Å². The molecule has 0 fully saturated rings. The zero-order valence-electron chi connectivity index (χ0n) is 7.17. The smallest absolute Gasteiger partial charge is 0.313 e. The molecule has 0 radical (unpaired) electrons. The third-order valence-electron chi connectivity index (χ3n) is 1.48. The van der Waals surface area contributed by atoms with E-state index in [0.717, 1.165) is 5.56 Å². The lowest BCUT2D eigenvalue weighted by Gasteiger charge is -2.01. The zero-order chi connectivity index (χ0) is 10.6. The Labute approximate surface area is 96.2 Å². The van der Waals surface area contributed by atoms with E-state index in [0.29, 0.717) is 15.8 Å². The maximum atomic E-state index is 10.2. The summed E-state index contributed by atoms with van der Waals surface area (Å²) in [7, 11) is 0. The highest BCUT2D eigenvalue weighted by molar-refractivity contribution is 7.99. The van der Waals surface area contributed by atoms with Crippen molar-refractivity contribution in [2.24, 2.45) is 0 Å². The van der Waals surface area contributed by atoms with Gasteiger partial charge in [-0.3, -0.25) is 4.79 Å². The third kappa shape index (κ3) is 3.78. The second-order valence-corrected chi connectivity index (χ2v) is 4.43. The first-order chi connectivity index (χ1) is 6.59. The van der Waals surface area contributed by atoms with Crippen LogP contribution < -0.4 is 0 Å². The van der Waals surface area contributed by atoms with Gasteiger partial charge in [-0.15, -0.1) is 11.8 Å². The van der Waals surface area contributed by atoms with E-state index in [1.54, 1.807) is 12.1 Å². The largest absolute Gasteiger partial charge is 0.481 e. The number of carboxylic acid groups (broad SMARTS) is 1. The van der Waals surface area contributed by atoms with E-state index in [2.05, 4.69) is 0 Å². The molecule has 0 saturated heterocycles. The molecule has 1 rings (SSSR count). The molecule has 14 heavy (non-hydrogen) atoms. The lowest BCUT2D eigenvalue weighted by atomic mass is 10.2. The van der Waals surface area contributed by atoms with Crippen LogP contribution in [0.15, 0.2) is 18.2 Å². The van der Waals surface area contributed by atoms with Crippen LogP contribution in [0.3, 0.4) is 0 Å². The molecule has 0 aliphatic heterocycles. The fraction of sp³-hybridized carbons (Fsp3) is 0.222. The Bertz CT molecular complexity index is 342. The van der Waals surface area contributed by atoms with Gasteiger partial charge in [0.25, 0.3) is 0 Å². The van der Waals surface area contributed by atoms with Crippen molar-refractivity contribution in [2.45, 2.75) is 5.75 Å². The molecule has 0 atom stereocenters. The average Bonchev–Trinajstić information content (AvgIpc) is 2.10. The molecule has 0 saturated carbocycles. The minimum absolute atomic E-state index is 0.0975. The zero-order valence-corrected chi connectivity index (χ0v) is 9.49. The summed E-state index contributed by atoms with van der Waals surface area (Å²) in [4.78, 5) is 10.2. The van der Waals surface area contributed by atoms with Gasteiger partial charge in [-0.1, -0.05) is 29.3 Å². The van der Waals surface area contributed by atoms with Crippen LogP contribution in [0.4, 0.5) is 0 Å². The van der Waals surface area contributed by atoms with Crippen molar-refractivity contribution in [2.75, 3.05) is 5.75 Å². The number of halogens is 2. The van der Waals surface area contributed by atoms with Crippen molar-refractivity contribution in [3.63, 3.8) is 0 Å². The molecule has 5 heteroatoms. The maximum Gasteiger partial charge on any atom is 0.313 e. The van der Waals surface area contributed by atoms with Gasteiger partial charge in [-0.25, -0.2) is 0 Å². The number of hydrogen-bond acceptors (Lipinski definition) is 2. The molecule has 0 amide bonds. The normalized spacial score (nSPS) is 10.1. The van der Waals surface area contributed by atoms with E-state index in [1.165, 1.54) is 11.8 Å². The highest BCUT2D eigenvalue weighted by atomic mass is 35.5. The second-order valence-electron chi connectivity index (χ2n) is 2.63. The number of carboxylic acids is 1. The van der Waals surface area contributed by atoms with Crippen LogP contribution in [0.1, 0.15) is 5.56 Å². The first kappa shape index (κ1) is 11.7. The van der Waals surface area contributed by atoms with Crippen LogP contribution in [0.25, 0.3) is 0 Å². The Morgan fingerprint density at radius 2 is 2.07 bits per heavy atom. The van der Waals surface area contributed by atoms with Crippen molar-refractivity contribution in [1.29, 1.82) is 0 Å². The highest BCUT2D eigenvalue weighted by Crippen LogP contribution is 2.24. The van der Waals surface area contributed by atoms with Gasteiger partial charge >= 0.3 is 5.97 Å². The van der Waals surface area contributed by atoms with Crippen molar-refractivity contribution in [3.8, 4) is 0 Å². The molecule has 2 nitrogen and oxygen atoms in total. The lowest BCUT2D eigenvalue weighted by Crippen LogP contribution is -1.98. The van der Waals surface area contributed by atoms with Crippen LogP contribution in [0.5, 0.6) is 0 Å². The molecule has 0 heterocycles. The summed E-state index contributed by atoms with van der Waals surface area (Å²) in [6, 6.07) is 5.29. The highest BCUT2D eigenvalue weighted by Gasteiger charge is 2.01. The monoisotopic (exact) mass is 250 g/mol. The van der Waals surface area contributed by atoms with E-state index in [-0.39, 0.29) is 5.75 Å². The van der Waals surface area contributed by atoms with E-state index in [4.69, 9.17) is 28.3 Å². The molecule has 0 aromatic heterocycles. The van der Waals surface area contributed by atoms with Crippen LogP contribution >= 0.6 is 35.0 Å². The number of rotatable bonds is 4. The number of carbonyl (C=O) groups is 1. The molecular weight excluding hydrogens is 243 g/mol. The Morgan fingerprint density at radius 3 is 2.64 bits per heavy atom. The Hall–Kier alpha value is -0.380. The number of hydrogen-bond donors (Lipinski definition) is 1. The van der Waals surface area contributed by atoms with Gasteiger partial charge in [0.1, 0.15) is 0 Å². The van der Waals surface area contributed by atoms with Crippen molar-refractivity contribution < 1.29 is 9.90 Å². The van der Waals surface area contributed by atoms with E-state index >= 15 is 0 Å². The summed E-state index contributed by atoms with van der Waals surface area (Å²) in [5.74, 6) is -0.0845. The summed E-state index contributed by atoms with van der Waals surface area (Å²) in [5, 5.41) is 9.43. The third-order valence-corrected chi connectivity index (χ3v) is 3.21. The first-order valence-corrected chi connectivity index (χ1v) is 5.74. The fourth-order valence-electron chi connectivity index (χ4n) is 0.886. The van der Waals surface area contributed by atoms with Gasteiger partial charge < -0.3 is 5.11 Å². The Morgan fingerprint density at radius 1 is 1.36 bits per heavy atom. The number of thioether (sulfide) groups is 1. The second kappa shape index (κ2) is 5.49. The van der Waals surface area contributed by atoms with Gasteiger partial charge in [0.15, 0.2) is 0 Å². The van der Waals surface area contributed by atoms with Gasteiger partial charge in [0.05, 0.1) is 15.8 Å². The summed E-state index contributed by atoms with van der Waals surface area (Å²) in [6.07, 6.45) is 0. The minimum Gasteiger partial charge on any atom is -0.481 e. The number of aliphatic carboxylic acids is 1. The maximum absolute atomic E-state index is 10.2. The molecule has 0 aliphatic rings. The topological polar surface area (TPSA) is 37.3 Å². The standard InChI is InChI=1S/C9H8Cl2O2S/c10-7-2-1-6(3-8(7)11)4-14-5-9(12)13/h1-3H,4-5H2,(H,12,13). The van der Waals surface area contributed by atoms with E-state index < -0.39 is 5.97 Å². The predicted molar refractivity (Wildman–Crippen MR) is 60.3 cm³/mol. The van der Waals surface area contributed by atoms with Crippen LogP contribution in [0.2, 0.25) is 10.0 Å². The molecule has 0 spiro atoms. The average molecular weight is 251 g/mol. The minimum atomic E-state index is -0.810. The summed E-state index contributed by atoms with van der Waals surface area (Å²) < 4.78 is 0. The predicted octanol–water partition coefficient (Wildman–Crippen LogP) is 3.31. The Kier molecular flexibility index (Phi) is 4.58. The summed E-state index contributed by atoms with van der Waals surface area (Å²) >= 11 is 12.9. The molecular formula is C9H8Cl2O2S. The van der Waals surface area contributed by atoms with Gasteiger partial charge in [-0.2, -0.15) is 0 Å². The molecule has 76 valence electrons. The fourth-order valence-corrected chi connectivity index (χ4v) is 1.90. The molecule has 0 unspecified atom stereocenters. The van der Waals surface area contributed by atoms with Gasteiger partial charge in [0, 0.05) is 5.75 Å². The van der Waals surface area contributed by atoms with Crippen LogP contribution in [-0.4, -0.2) is 16.8 Å². The molecule has 1 aromatic rings. The van der Waals surface area contributed by atoms with Gasteiger partial charge in [-0.05, 0) is 17.7 Å². The van der Waals surface area contributed by atoms with E-state index in [1.807, 2.05) is 6.07 Å². The summed E-state index contributed by atoms with van der Waals surface area (Å²) in [6.45, 7) is 0. The van der Waals surface area contributed by atoms with Crippen molar-refractivity contribution >= 4 is 40.9 Å². The first-order valence-electron chi connectivity index (χ1n) is 3.83.